The number of anilines is 1. The van der Waals surface area contributed by atoms with Crippen molar-refractivity contribution < 1.29 is 23.2 Å². The summed E-state index contributed by atoms with van der Waals surface area (Å²) >= 11 is 0.695. The number of allylic oxidation sites excluding steroid dienone is 1. The molecule has 1 aliphatic carbocycles. The van der Waals surface area contributed by atoms with Crippen molar-refractivity contribution in [1.82, 2.24) is 14.5 Å². The Morgan fingerprint density at radius 3 is 2.42 bits per heavy atom. The van der Waals surface area contributed by atoms with E-state index in [0.29, 0.717) is 28.7 Å². The minimum absolute atomic E-state index is 0.0605. The minimum atomic E-state index is -2.75. The fourth-order valence-corrected chi connectivity index (χ4v) is 4.45. The number of benzene rings is 1. The number of hydrogen-bond acceptors (Lipinski definition) is 5. The van der Waals surface area contributed by atoms with E-state index in [9.17, 15) is 28.0 Å². The van der Waals surface area contributed by atoms with Crippen LogP contribution in [0, 0.1) is 0 Å². The molecule has 162 valence electrons. The lowest BCUT2D eigenvalue weighted by atomic mass is 9.91. The van der Waals surface area contributed by atoms with Crippen LogP contribution >= 0.6 is 11.8 Å². The van der Waals surface area contributed by atoms with Crippen molar-refractivity contribution in [3.05, 3.63) is 57.6 Å². The summed E-state index contributed by atoms with van der Waals surface area (Å²) in [6, 6.07) is 6.44. The number of aromatic amines is 1. The lowest BCUT2D eigenvalue weighted by Crippen LogP contribution is -2.36. The number of alkyl halides is 2. The molecule has 0 atom stereocenters. The lowest BCUT2D eigenvalue weighted by Gasteiger charge is -2.24. The average Bonchev–Trinajstić information content (AvgIpc) is 3.27. The number of nitrogens with zero attached hydrogens (tertiary/aromatic N) is 2. The van der Waals surface area contributed by atoms with E-state index in [1.165, 1.54) is 10.8 Å². The summed E-state index contributed by atoms with van der Waals surface area (Å²) in [5, 5.41) is 2.00. The normalized spacial score (nSPS) is 18.6. The summed E-state index contributed by atoms with van der Waals surface area (Å²) in [6.45, 7) is -0.476. The van der Waals surface area contributed by atoms with Gasteiger partial charge < -0.3 is 10.3 Å². The molecule has 1 aromatic heterocycles. The molecule has 1 saturated carbocycles. The molecule has 4 rings (SSSR count). The molecule has 0 bridgehead atoms. The molecule has 2 aromatic rings. The van der Waals surface area contributed by atoms with E-state index in [4.69, 9.17) is 0 Å². The zero-order chi connectivity index (χ0) is 22.2. The Balaban J connectivity index is 1.39. The fourth-order valence-electron chi connectivity index (χ4n) is 3.47. The molecule has 2 fully saturated rings. The second kappa shape index (κ2) is 8.14. The van der Waals surface area contributed by atoms with Gasteiger partial charge in [0.05, 0.1) is 10.6 Å². The minimum Gasteiger partial charge on any atom is -0.325 e. The van der Waals surface area contributed by atoms with Crippen LogP contribution in [0.1, 0.15) is 25.7 Å². The summed E-state index contributed by atoms with van der Waals surface area (Å²) in [4.78, 5) is 52.3. The van der Waals surface area contributed by atoms with Gasteiger partial charge in [-0.25, -0.2) is 13.6 Å². The van der Waals surface area contributed by atoms with Crippen molar-refractivity contribution in [2.75, 3.05) is 11.9 Å². The standard InChI is InChI=1S/C20H18F2N4O4S/c21-20(22)7-5-12(6-8-20)16-17(28)26(19(30)31-16)11-15(27)24-13-1-3-14(4-2-13)25-10-9-23-18(25)29/h1-4,9-10H,5-8,11H2,(H,23,29)(H,24,27). The maximum Gasteiger partial charge on any atom is 0.330 e. The second-order valence-corrected chi connectivity index (χ2v) is 8.24. The number of thioether (sulfide) groups is 1. The van der Waals surface area contributed by atoms with E-state index in [1.807, 2.05) is 0 Å². The van der Waals surface area contributed by atoms with Gasteiger partial charge in [-0.3, -0.25) is 23.9 Å². The van der Waals surface area contributed by atoms with Crippen LogP contribution in [0.25, 0.3) is 5.69 Å². The first kappa shape index (κ1) is 21.0. The van der Waals surface area contributed by atoms with E-state index >= 15 is 0 Å². The van der Waals surface area contributed by atoms with Gasteiger partial charge in [0.2, 0.25) is 11.8 Å². The van der Waals surface area contributed by atoms with Crippen LogP contribution in [-0.2, 0) is 9.59 Å². The quantitative estimate of drug-likeness (QED) is 0.699. The predicted octanol–water partition coefficient (Wildman–Crippen LogP) is 3.26. The largest absolute Gasteiger partial charge is 0.330 e. The smallest absolute Gasteiger partial charge is 0.325 e. The van der Waals surface area contributed by atoms with Crippen molar-refractivity contribution in [3.63, 3.8) is 0 Å². The zero-order valence-corrected chi connectivity index (χ0v) is 17.0. The van der Waals surface area contributed by atoms with Gasteiger partial charge in [0.25, 0.3) is 11.1 Å². The van der Waals surface area contributed by atoms with Crippen molar-refractivity contribution in [3.8, 4) is 5.69 Å². The Labute approximate surface area is 179 Å². The predicted molar refractivity (Wildman–Crippen MR) is 110 cm³/mol. The van der Waals surface area contributed by atoms with Crippen LogP contribution in [-0.4, -0.2) is 44.0 Å². The monoisotopic (exact) mass is 448 g/mol. The molecule has 2 aliphatic rings. The highest BCUT2D eigenvalue weighted by molar-refractivity contribution is 8.18. The van der Waals surface area contributed by atoms with E-state index < -0.39 is 29.5 Å². The Morgan fingerprint density at radius 1 is 1.13 bits per heavy atom. The van der Waals surface area contributed by atoms with Gasteiger partial charge in [-0.15, -0.1) is 0 Å². The number of aromatic nitrogens is 2. The molecule has 0 spiro atoms. The highest BCUT2D eigenvalue weighted by Gasteiger charge is 2.41. The maximum absolute atomic E-state index is 13.4. The molecule has 1 aromatic carbocycles. The first-order valence-electron chi connectivity index (χ1n) is 9.53. The van der Waals surface area contributed by atoms with Crippen molar-refractivity contribution in [2.24, 2.45) is 0 Å². The number of rotatable bonds is 4. The SMILES string of the molecule is O=C(CN1C(=O)SC(=C2CCC(F)(F)CC2)C1=O)Nc1ccc(-n2cc[nH]c2=O)cc1. The number of H-pyrrole nitrogens is 1. The molecule has 1 saturated heterocycles. The van der Waals surface area contributed by atoms with E-state index in [-0.39, 0.29) is 36.3 Å². The summed E-state index contributed by atoms with van der Waals surface area (Å²) < 4.78 is 28.1. The van der Waals surface area contributed by atoms with Crippen LogP contribution in [0.15, 0.2) is 51.9 Å². The van der Waals surface area contributed by atoms with Crippen LogP contribution in [0.3, 0.4) is 0 Å². The third-order valence-corrected chi connectivity index (χ3v) is 6.20. The molecule has 3 amide bonds. The second-order valence-electron chi connectivity index (χ2n) is 7.28. The fraction of sp³-hybridized carbons (Fsp3) is 0.300. The number of nitrogens with one attached hydrogen (secondary N) is 2. The summed E-state index contributed by atoms with van der Waals surface area (Å²) in [5.41, 5.74) is 1.27. The number of amides is 3. The van der Waals surface area contributed by atoms with Crippen molar-refractivity contribution in [1.29, 1.82) is 0 Å². The molecule has 8 nitrogen and oxygen atoms in total. The van der Waals surface area contributed by atoms with Gasteiger partial charge in [0.1, 0.15) is 6.54 Å². The Hall–Kier alpha value is -3.21. The number of carbonyl (C=O) groups is 3. The third-order valence-electron chi connectivity index (χ3n) is 5.14. The Bertz CT molecular complexity index is 1120. The molecule has 31 heavy (non-hydrogen) atoms. The van der Waals surface area contributed by atoms with Crippen molar-refractivity contribution in [2.45, 2.75) is 31.6 Å². The van der Waals surface area contributed by atoms with Gasteiger partial charge in [-0.1, -0.05) is 5.57 Å². The Morgan fingerprint density at radius 2 is 1.81 bits per heavy atom. The number of imidazole rings is 1. The maximum atomic E-state index is 13.4. The molecule has 11 heteroatoms. The summed E-state index contributed by atoms with van der Waals surface area (Å²) in [6.07, 6.45) is 2.49. The van der Waals surface area contributed by atoms with Gasteiger partial charge in [0.15, 0.2) is 0 Å². The highest BCUT2D eigenvalue weighted by atomic mass is 32.2. The summed E-state index contributed by atoms with van der Waals surface area (Å²) in [5.74, 6) is -3.94. The number of hydrogen-bond donors (Lipinski definition) is 2. The van der Waals surface area contributed by atoms with E-state index in [2.05, 4.69) is 10.3 Å². The molecular weight excluding hydrogens is 430 g/mol. The third kappa shape index (κ3) is 4.46. The van der Waals surface area contributed by atoms with Crippen LogP contribution < -0.4 is 11.0 Å². The average molecular weight is 448 g/mol. The van der Waals surface area contributed by atoms with Gasteiger partial charge in [0, 0.05) is 30.9 Å². The van der Waals surface area contributed by atoms with Gasteiger partial charge in [-0.2, -0.15) is 0 Å². The first-order valence-corrected chi connectivity index (χ1v) is 10.3. The van der Waals surface area contributed by atoms with Crippen LogP contribution in [0.5, 0.6) is 0 Å². The first-order chi connectivity index (χ1) is 14.7. The lowest BCUT2D eigenvalue weighted by molar-refractivity contribution is -0.127. The molecule has 0 radical (unpaired) electrons. The van der Waals surface area contributed by atoms with E-state index in [0.717, 1.165) is 4.90 Å². The molecule has 1 aliphatic heterocycles. The number of carbonyl (C=O) groups excluding carboxylic acids is 3. The summed E-state index contributed by atoms with van der Waals surface area (Å²) in [7, 11) is 0. The Kier molecular flexibility index (Phi) is 5.52. The van der Waals surface area contributed by atoms with Crippen LogP contribution in [0.4, 0.5) is 19.3 Å². The molecule has 0 unspecified atom stereocenters. The molecule has 2 N–H and O–H groups in total. The van der Waals surface area contributed by atoms with Crippen LogP contribution in [0.2, 0.25) is 0 Å². The molecule has 2 heterocycles. The van der Waals surface area contributed by atoms with Gasteiger partial charge >= 0.3 is 5.69 Å². The molecular formula is C20H18F2N4O4S. The van der Waals surface area contributed by atoms with Gasteiger partial charge in [-0.05, 0) is 48.9 Å². The van der Waals surface area contributed by atoms with E-state index in [1.54, 1.807) is 30.5 Å². The number of imide groups is 1. The highest BCUT2D eigenvalue weighted by Crippen LogP contribution is 2.42. The number of halogens is 2. The zero-order valence-electron chi connectivity index (χ0n) is 16.2. The topological polar surface area (TPSA) is 104 Å². The van der Waals surface area contributed by atoms with Crippen molar-refractivity contribution >= 4 is 34.5 Å².